The van der Waals surface area contributed by atoms with Crippen LogP contribution in [0.15, 0.2) is 91.5 Å². The van der Waals surface area contributed by atoms with Crippen LogP contribution in [-0.4, -0.2) is 43.3 Å². The first-order valence-corrected chi connectivity index (χ1v) is 20.7. The molecule has 1 aliphatic heterocycles. The van der Waals surface area contributed by atoms with Gasteiger partial charge in [-0.05, 0) is 74.9 Å². The molecule has 8 heteroatoms. The summed E-state index contributed by atoms with van der Waals surface area (Å²) in [5.41, 5.74) is 6.92. The fourth-order valence-electron chi connectivity index (χ4n) is 7.53. The first kappa shape index (κ1) is 43.5. The molecule has 1 saturated carbocycles. The number of aliphatic hydroxyl groups excluding tert-OH is 2. The molecule has 6 nitrogen and oxygen atoms in total. The molecule has 0 spiro atoms. The molecule has 3 heterocycles. The molecule has 56 heavy (non-hydrogen) atoms. The molecule has 0 amide bonds. The minimum absolute atomic E-state index is 0. The number of rotatable bonds is 7. The Hall–Kier alpha value is -3.65. The van der Waals surface area contributed by atoms with Crippen molar-refractivity contribution in [3.8, 4) is 11.3 Å². The molecule has 2 unspecified atom stereocenters. The molecule has 8 rings (SSSR count). The van der Waals surface area contributed by atoms with Gasteiger partial charge >= 0.3 is 20.1 Å². The summed E-state index contributed by atoms with van der Waals surface area (Å²) < 4.78 is 2.43. The average Bonchev–Trinajstić information content (AvgIpc) is 3.80. The van der Waals surface area contributed by atoms with E-state index in [0.29, 0.717) is 18.4 Å². The van der Waals surface area contributed by atoms with Crippen molar-refractivity contribution in [2.24, 2.45) is 5.92 Å². The fourth-order valence-corrected chi connectivity index (χ4v) is 8.76. The maximum Gasteiger partial charge on any atom is 3.00 e. The summed E-state index contributed by atoms with van der Waals surface area (Å²) >= 11 is 1.80. The van der Waals surface area contributed by atoms with Crippen LogP contribution in [0.3, 0.4) is 0 Å². The van der Waals surface area contributed by atoms with Crippen LogP contribution in [0.1, 0.15) is 98.1 Å². The van der Waals surface area contributed by atoms with Gasteiger partial charge in [-0.2, -0.15) is 37.0 Å². The molecule has 1 aliphatic carbocycles. The van der Waals surface area contributed by atoms with Crippen molar-refractivity contribution in [3.05, 3.63) is 121 Å². The van der Waals surface area contributed by atoms with Crippen LogP contribution in [0, 0.1) is 24.7 Å². The molecule has 2 aromatic heterocycles. The van der Waals surface area contributed by atoms with E-state index in [4.69, 9.17) is 15.2 Å². The van der Waals surface area contributed by atoms with Gasteiger partial charge < -0.3 is 20.0 Å². The zero-order valence-electron chi connectivity index (χ0n) is 33.9. The number of hydrogen-bond acceptors (Lipinski definition) is 7. The molecular formula is C48H57IrN4O2S. The Morgan fingerprint density at radius 2 is 1.61 bits per heavy atom. The van der Waals surface area contributed by atoms with Crippen LogP contribution in [0.5, 0.6) is 0 Å². The molecule has 1 fully saturated rings. The number of aliphatic hydroxyl groups is 2. The molecule has 2 N–H and O–H groups in total. The van der Waals surface area contributed by atoms with Crippen molar-refractivity contribution in [1.29, 1.82) is 0 Å². The van der Waals surface area contributed by atoms with Crippen molar-refractivity contribution >= 4 is 48.1 Å². The first-order valence-electron chi connectivity index (χ1n) is 19.9. The minimum atomic E-state index is -0.375. The second-order valence-electron chi connectivity index (χ2n) is 16.6. The van der Waals surface area contributed by atoms with Gasteiger partial charge in [-0.15, -0.1) is 46.2 Å². The van der Waals surface area contributed by atoms with Gasteiger partial charge in [0.25, 0.3) is 0 Å². The van der Waals surface area contributed by atoms with Crippen molar-refractivity contribution < 1.29 is 30.3 Å². The summed E-state index contributed by atoms with van der Waals surface area (Å²) in [6.45, 7) is 16.8. The number of anilines is 1. The van der Waals surface area contributed by atoms with Gasteiger partial charge in [-0.3, -0.25) is 4.98 Å². The Bertz CT molecular complexity index is 2180. The Labute approximate surface area is 352 Å². The summed E-state index contributed by atoms with van der Waals surface area (Å²) in [6, 6.07) is 33.3. The Kier molecular flexibility index (Phi) is 15.3. The number of para-hydroxylation sites is 1. The van der Waals surface area contributed by atoms with E-state index in [-0.39, 0.29) is 37.7 Å². The van der Waals surface area contributed by atoms with E-state index >= 15 is 0 Å². The van der Waals surface area contributed by atoms with Crippen LogP contribution >= 0.6 is 11.3 Å². The van der Waals surface area contributed by atoms with E-state index in [1.807, 2.05) is 12.1 Å². The Balaban J connectivity index is 0.000000201. The van der Waals surface area contributed by atoms with Gasteiger partial charge in [-0.1, -0.05) is 95.2 Å². The largest absolute Gasteiger partial charge is 3.00 e. The minimum Gasteiger partial charge on any atom is -0.505 e. The van der Waals surface area contributed by atoms with Crippen LogP contribution in [0.2, 0.25) is 0 Å². The van der Waals surface area contributed by atoms with Gasteiger partial charge in [-0.25, -0.2) is 4.98 Å². The third-order valence-electron chi connectivity index (χ3n) is 10.1. The summed E-state index contributed by atoms with van der Waals surface area (Å²) in [6.07, 6.45) is 13.6. The van der Waals surface area contributed by atoms with E-state index in [0.717, 1.165) is 39.0 Å². The quantitative estimate of drug-likeness (QED) is 0.155. The molecule has 6 aromatic rings. The summed E-state index contributed by atoms with van der Waals surface area (Å²) in [5.74, 6) is 0.644. The molecule has 296 valence electrons. The number of benzene rings is 4. The fraction of sp³-hybridized carbons (Fsp3) is 0.396. The number of nitrogens with zero attached hydrogens (tertiary/aromatic N) is 4. The predicted molar refractivity (Wildman–Crippen MR) is 232 cm³/mol. The van der Waals surface area contributed by atoms with E-state index in [9.17, 15) is 0 Å². The first-order chi connectivity index (χ1) is 26.4. The topological polar surface area (TPSA) is 72.7 Å². The molecule has 4 aromatic carbocycles. The van der Waals surface area contributed by atoms with Crippen molar-refractivity contribution in [2.75, 3.05) is 4.90 Å². The number of fused-ring (bicyclic) bond motifs is 4. The molecule has 0 bridgehead atoms. The second kappa shape index (κ2) is 19.7. The van der Waals surface area contributed by atoms with E-state index < -0.39 is 0 Å². The van der Waals surface area contributed by atoms with Gasteiger partial charge in [0.15, 0.2) is 0 Å². The monoisotopic (exact) mass is 946 g/mol. The Morgan fingerprint density at radius 1 is 0.875 bits per heavy atom. The summed E-state index contributed by atoms with van der Waals surface area (Å²) in [7, 11) is 0. The number of hydrogen-bond donors (Lipinski definition) is 2. The summed E-state index contributed by atoms with van der Waals surface area (Å²) in [4.78, 5) is 13.9. The second-order valence-corrected chi connectivity index (χ2v) is 17.6. The molecule has 0 radical (unpaired) electrons. The van der Waals surface area contributed by atoms with Gasteiger partial charge in [0.05, 0.1) is 17.7 Å². The maximum atomic E-state index is 8.56. The van der Waals surface area contributed by atoms with E-state index in [1.54, 1.807) is 31.5 Å². The third kappa shape index (κ3) is 11.0. The standard InChI is InChI=1S/C28H27N2S.C15H18N2.C5H12O2.Ir/c1-17(2)12-18-10-11-22-24(13-18)31-27-25(29-16-30-26(22)27)20-14-19-8-6-7-9-21(19)23(15-20)28(3,4)5;1-3-7-14(8-4-1)16-11-12-17(13-16)15-9-5-2-6-10-15;1-4(6)3-5(2)7;/h6-11,13,15-17H,12H2,1-5H3;1,3-4,7,11-13,15H,2,5-6,9-10H2;4-7H,3H2,1-2H3;/q-1;-2;;+3. The van der Waals surface area contributed by atoms with Crippen LogP contribution < -0.4 is 4.90 Å². The maximum absolute atomic E-state index is 8.56. The van der Waals surface area contributed by atoms with Gasteiger partial charge in [0.1, 0.15) is 6.33 Å². The van der Waals surface area contributed by atoms with Crippen LogP contribution in [-0.2, 0) is 31.9 Å². The molecule has 2 aliphatic rings. The van der Waals surface area contributed by atoms with Crippen molar-refractivity contribution in [2.45, 2.75) is 117 Å². The van der Waals surface area contributed by atoms with E-state index in [1.165, 1.54) is 58.7 Å². The number of thiophene rings is 1. The van der Waals surface area contributed by atoms with Crippen LogP contribution in [0.25, 0.3) is 42.3 Å². The van der Waals surface area contributed by atoms with Crippen LogP contribution in [0.4, 0.5) is 5.69 Å². The SMILES string of the molecule is CC(C)Cc1ccc2c(c1)sc1c(-c3[c-]c4ccccc4c(C(C)(C)C)c3)ncnc12.CC(O)CC(C)O.[Ir+3].[c-]1ccccc1N1C=CN(C2CCCCC2)[CH-]1. The summed E-state index contributed by atoms with van der Waals surface area (Å²) in [5, 5.41) is 20.7. The van der Waals surface area contributed by atoms with E-state index in [2.05, 4.69) is 141 Å². The molecule has 2 atom stereocenters. The number of aromatic nitrogens is 2. The van der Waals surface area contributed by atoms with Crippen molar-refractivity contribution in [3.63, 3.8) is 0 Å². The predicted octanol–water partition coefficient (Wildman–Crippen LogP) is 11.6. The zero-order valence-corrected chi connectivity index (χ0v) is 37.1. The smallest absolute Gasteiger partial charge is 0.505 e. The normalized spacial score (nSPS) is 15.7. The van der Waals surface area contributed by atoms with Gasteiger partial charge in [0, 0.05) is 26.5 Å². The van der Waals surface area contributed by atoms with Crippen molar-refractivity contribution in [1.82, 2.24) is 14.9 Å². The third-order valence-corrected chi connectivity index (χ3v) is 11.3. The zero-order chi connectivity index (χ0) is 39.1. The Morgan fingerprint density at radius 3 is 2.27 bits per heavy atom. The molecular weight excluding hydrogens is 889 g/mol. The van der Waals surface area contributed by atoms with Gasteiger partial charge in [0.2, 0.25) is 0 Å². The molecule has 0 saturated heterocycles. The average molecular weight is 946 g/mol.